The van der Waals surface area contributed by atoms with Crippen LogP contribution in [0.15, 0.2) is 0 Å². The van der Waals surface area contributed by atoms with Gasteiger partial charge in [0.05, 0.1) is 11.2 Å². The van der Waals surface area contributed by atoms with E-state index in [0.29, 0.717) is 5.41 Å². The van der Waals surface area contributed by atoms with Gasteiger partial charge < -0.3 is 10.1 Å². The Morgan fingerprint density at radius 2 is 1.63 bits per heavy atom. The fourth-order valence-corrected chi connectivity index (χ4v) is 3.32. The molecule has 0 aromatic heterocycles. The highest BCUT2D eigenvalue weighted by molar-refractivity contribution is 4.91. The molecule has 1 aliphatic rings. The van der Waals surface area contributed by atoms with E-state index >= 15 is 0 Å². The largest absolute Gasteiger partial charge is 0.367 e. The van der Waals surface area contributed by atoms with Crippen molar-refractivity contribution in [1.29, 1.82) is 0 Å². The Balaban J connectivity index is 2.55. The molecule has 19 heavy (non-hydrogen) atoms. The number of ether oxygens (including phenoxy) is 1. The highest BCUT2D eigenvalue weighted by atomic mass is 16.5. The second kappa shape index (κ2) is 6.11. The van der Waals surface area contributed by atoms with Gasteiger partial charge in [-0.05, 0) is 46.1 Å². The maximum Gasteiger partial charge on any atom is 0.0760 e. The van der Waals surface area contributed by atoms with E-state index in [4.69, 9.17) is 4.74 Å². The third-order valence-corrected chi connectivity index (χ3v) is 3.44. The molecular weight excluding hydrogens is 236 g/mol. The topological polar surface area (TPSA) is 24.5 Å². The molecule has 1 N–H and O–H groups in total. The van der Waals surface area contributed by atoms with Crippen molar-refractivity contribution in [3.8, 4) is 0 Å². The number of nitrogens with one attached hydrogen (secondary N) is 1. The lowest BCUT2D eigenvalue weighted by atomic mass is 9.90. The number of nitrogens with zero attached hydrogens (tertiary/aromatic N) is 1. The van der Waals surface area contributed by atoms with Crippen LogP contribution in [0.5, 0.6) is 0 Å². The summed E-state index contributed by atoms with van der Waals surface area (Å²) in [4.78, 5) is 2.57. The highest BCUT2D eigenvalue weighted by Crippen LogP contribution is 2.30. The van der Waals surface area contributed by atoms with Gasteiger partial charge in [-0.2, -0.15) is 0 Å². The highest BCUT2D eigenvalue weighted by Gasteiger charge is 2.39. The van der Waals surface area contributed by atoms with E-state index in [1.165, 1.54) is 6.42 Å². The number of hydrogen-bond donors (Lipinski definition) is 1. The summed E-state index contributed by atoms with van der Waals surface area (Å²) >= 11 is 0. The maximum absolute atomic E-state index is 6.15. The van der Waals surface area contributed by atoms with Crippen LogP contribution in [0.4, 0.5) is 0 Å². The lowest BCUT2D eigenvalue weighted by Crippen LogP contribution is -2.59. The minimum absolute atomic E-state index is 0.0469. The first-order valence-corrected chi connectivity index (χ1v) is 7.69. The molecule has 1 aliphatic heterocycles. The van der Waals surface area contributed by atoms with E-state index in [9.17, 15) is 0 Å². The van der Waals surface area contributed by atoms with Crippen LogP contribution in [-0.2, 0) is 4.74 Å². The lowest BCUT2D eigenvalue weighted by Gasteiger charge is -2.49. The van der Waals surface area contributed by atoms with Crippen LogP contribution >= 0.6 is 0 Å². The van der Waals surface area contributed by atoms with Gasteiger partial charge in [-0.15, -0.1) is 0 Å². The average Bonchev–Trinajstić information content (AvgIpc) is 2.10. The van der Waals surface area contributed by atoms with Crippen molar-refractivity contribution in [2.75, 3.05) is 32.7 Å². The van der Waals surface area contributed by atoms with Gasteiger partial charge >= 0.3 is 0 Å². The van der Waals surface area contributed by atoms with Crippen LogP contribution in [-0.4, -0.2) is 48.8 Å². The first kappa shape index (κ1) is 16.9. The maximum atomic E-state index is 6.15. The van der Waals surface area contributed by atoms with Gasteiger partial charge in [0.2, 0.25) is 0 Å². The fraction of sp³-hybridized carbons (Fsp3) is 1.00. The summed E-state index contributed by atoms with van der Waals surface area (Å²) in [7, 11) is 0. The average molecular weight is 270 g/mol. The Morgan fingerprint density at radius 1 is 1.11 bits per heavy atom. The molecule has 0 aliphatic carbocycles. The SMILES string of the molecule is CCCNCC(C)(C)CN1CC(C)(C)OC(C)(C)C1. The molecular formula is C16H34N2O. The summed E-state index contributed by atoms with van der Waals surface area (Å²) in [6, 6.07) is 0. The zero-order chi connectivity index (χ0) is 14.7. The van der Waals surface area contributed by atoms with Gasteiger partial charge in [-0.25, -0.2) is 0 Å². The van der Waals surface area contributed by atoms with Crippen LogP contribution in [0, 0.1) is 5.41 Å². The fourth-order valence-electron chi connectivity index (χ4n) is 3.32. The van der Waals surface area contributed by atoms with E-state index in [1.54, 1.807) is 0 Å². The number of morpholine rings is 1. The Hall–Kier alpha value is -0.120. The normalized spacial score (nSPS) is 23.5. The van der Waals surface area contributed by atoms with Crippen LogP contribution in [0.1, 0.15) is 54.9 Å². The molecule has 3 nitrogen and oxygen atoms in total. The van der Waals surface area contributed by atoms with Gasteiger partial charge in [0, 0.05) is 26.2 Å². The summed E-state index contributed by atoms with van der Waals surface area (Å²) in [5, 5.41) is 3.55. The van der Waals surface area contributed by atoms with Gasteiger partial charge in [-0.1, -0.05) is 20.8 Å². The third kappa shape index (κ3) is 6.24. The van der Waals surface area contributed by atoms with Crippen molar-refractivity contribution in [2.24, 2.45) is 5.41 Å². The van der Waals surface area contributed by atoms with E-state index in [1.807, 2.05) is 0 Å². The summed E-state index contributed by atoms with van der Waals surface area (Å²) in [6.07, 6.45) is 1.20. The molecule has 1 saturated heterocycles. The molecule has 1 rings (SSSR count). The summed E-state index contributed by atoms with van der Waals surface area (Å²) in [5.74, 6) is 0. The van der Waals surface area contributed by atoms with E-state index < -0.39 is 0 Å². The van der Waals surface area contributed by atoms with Crippen molar-refractivity contribution in [1.82, 2.24) is 10.2 Å². The van der Waals surface area contributed by atoms with Crippen LogP contribution in [0.3, 0.4) is 0 Å². The molecule has 0 spiro atoms. The van der Waals surface area contributed by atoms with Crippen molar-refractivity contribution in [3.63, 3.8) is 0 Å². The molecule has 0 unspecified atom stereocenters. The summed E-state index contributed by atoms with van der Waals surface area (Å²) in [5.41, 5.74) is 0.210. The molecule has 1 heterocycles. The van der Waals surface area contributed by atoms with Crippen molar-refractivity contribution >= 4 is 0 Å². The Labute approximate surface area is 120 Å². The Kier molecular flexibility index (Phi) is 5.44. The molecule has 0 atom stereocenters. The van der Waals surface area contributed by atoms with Gasteiger partial charge in [0.1, 0.15) is 0 Å². The van der Waals surface area contributed by atoms with E-state index in [2.05, 4.69) is 58.7 Å². The van der Waals surface area contributed by atoms with Crippen molar-refractivity contribution in [3.05, 3.63) is 0 Å². The van der Waals surface area contributed by atoms with Crippen molar-refractivity contribution < 1.29 is 4.74 Å². The minimum atomic E-state index is -0.0469. The standard InChI is InChI=1S/C16H34N2O/c1-8-9-17-10-14(2,3)11-18-12-15(4,5)19-16(6,7)13-18/h17H,8-13H2,1-7H3. The number of hydrogen-bond acceptors (Lipinski definition) is 3. The zero-order valence-corrected chi connectivity index (χ0v) is 14.1. The van der Waals surface area contributed by atoms with Gasteiger partial charge in [-0.3, -0.25) is 4.90 Å². The van der Waals surface area contributed by atoms with Crippen molar-refractivity contribution in [2.45, 2.75) is 66.1 Å². The predicted molar refractivity (Wildman–Crippen MR) is 82.6 cm³/mol. The molecule has 0 aromatic rings. The minimum Gasteiger partial charge on any atom is -0.367 e. The van der Waals surface area contributed by atoms with Gasteiger partial charge in [0.15, 0.2) is 0 Å². The second-order valence-electron chi connectivity index (χ2n) is 8.11. The molecule has 0 amide bonds. The molecule has 3 heteroatoms. The molecule has 0 bridgehead atoms. The first-order chi connectivity index (χ1) is 8.55. The molecule has 0 aromatic carbocycles. The zero-order valence-electron chi connectivity index (χ0n) is 14.1. The number of rotatable bonds is 6. The third-order valence-electron chi connectivity index (χ3n) is 3.44. The Bertz CT molecular complexity index is 268. The van der Waals surface area contributed by atoms with E-state index in [0.717, 1.165) is 32.7 Å². The van der Waals surface area contributed by atoms with Crippen LogP contribution in [0.25, 0.3) is 0 Å². The summed E-state index contributed by atoms with van der Waals surface area (Å²) < 4.78 is 6.15. The quantitative estimate of drug-likeness (QED) is 0.751. The molecule has 0 radical (unpaired) electrons. The van der Waals surface area contributed by atoms with Gasteiger partial charge in [0.25, 0.3) is 0 Å². The van der Waals surface area contributed by atoms with Crippen LogP contribution in [0.2, 0.25) is 0 Å². The smallest absolute Gasteiger partial charge is 0.0760 e. The first-order valence-electron chi connectivity index (χ1n) is 7.69. The predicted octanol–water partition coefficient (Wildman–Crippen LogP) is 2.90. The molecule has 0 saturated carbocycles. The van der Waals surface area contributed by atoms with E-state index in [-0.39, 0.29) is 11.2 Å². The lowest BCUT2D eigenvalue weighted by molar-refractivity contribution is -0.184. The Morgan fingerprint density at radius 3 is 2.11 bits per heavy atom. The second-order valence-corrected chi connectivity index (χ2v) is 8.11. The van der Waals surface area contributed by atoms with Crippen LogP contribution < -0.4 is 5.32 Å². The summed E-state index contributed by atoms with van der Waals surface area (Å²) in [6.45, 7) is 21.1. The molecule has 1 fully saturated rings. The molecule has 114 valence electrons. The monoisotopic (exact) mass is 270 g/mol.